The van der Waals surface area contributed by atoms with Gasteiger partial charge in [-0.15, -0.1) is 5.06 Å². The lowest BCUT2D eigenvalue weighted by molar-refractivity contribution is -0.196. The molecule has 2 aliphatic heterocycles. The molecule has 3 rings (SSSR count). The van der Waals surface area contributed by atoms with Crippen molar-refractivity contribution in [2.24, 2.45) is 0 Å². The maximum Gasteiger partial charge on any atom is 0.377 e. The number of hydrogen-bond donors (Lipinski definition) is 1. The lowest BCUT2D eigenvalue weighted by Gasteiger charge is -2.25. The van der Waals surface area contributed by atoms with Gasteiger partial charge in [-0.2, -0.15) is 0 Å². The summed E-state index contributed by atoms with van der Waals surface area (Å²) < 4.78 is 9.44. The molecule has 0 saturated heterocycles. The van der Waals surface area contributed by atoms with E-state index in [4.69, 9.17) is 9.57 Å². The van der Waals surface area contributed by atoms with E-state index in [-0.39, 0.29) is 17.7 Å². The summed E-state index contributed by atoms with van der Waals surface area (Å²) in [6, 6.07) is 6.15. The molecule has 1 aromatic rings. The van der Waals surface area contributed by atoms with Gasteiger partial charge in [0.2, 0.25) is 5.72 Å². The predicted octanol–water partition coefficient (Wildman–Crippen LogP) is 0.223. The van der Waals surface area contributed by atoms with Crippen LogP contribution >= 0.6 is 0 Å². The fourth-order valence-electron chi connectivity index (χ4n) is 2.65. The van der Waals surface area contributed by atoms with Gasteiger partial charge in [-0.1, -0.05) is 18.2 Å². The summed E-state index contributed by atoms with van der Waals surface area (Å²) in [4.78, 5) is 41.7. The minimum atomic E-state index is -2.23. The molecule has 0 aromatic heterocycles. The largest absolute Gasteiger partial charge is 0.463 e. The number of esters is 2. The Labute approximate surface area is 130 Å². The molecule has 1 aromatic carbocycles. The molecule has 2 aliphatic rings. The van der Waals surface area contributed by atoms with Gasteiger partial charge in [0.15, 0.2) is 5.57 Å². The number of nitrogens with zero attached hydrogens (tertiary/aromatic N) is 1. The molecule has 0 radical (unpaired) electrons. The van der Waals surface area contributed by atoms with Crippen LogP contribution < -0.4 is 0 Å². The molecule has 23 heavy (non-hydrogen) atoms. The van der Waals surface area contributed by atoms with Gasteiger partial charge < -0.3 is 19.4 Å². The second-order valence-electron chi connectivity index (χ2n) is 4.82. The highest BCUT2D eigenvalue weighted by Crippen LogP contribution is 2.49. The van der Waals surface area contributed by atoms with Crippen LogP contribution in [0.15, 0.2) is 35.6 Å². The Morgan fingerprint density at radius 2 is 2.00 bits per heavy atom. The Balaban J connectivity index is 2.23. The van der Waals surface area contributed by atoms with E-state index in [0.717, 1.165) is 7.11 Å². The van der Waals surface area contributed by atoms with Gasteiger partial charge in [-0.3, -0.25) is 4.79 Å². The summed E-state index contributed by atoms with van der Waals surface area (Å²) in [5, 5.41) is 11.6. The molecule has 8 nitrogen and oxygen atoms in total. The van der Waals surface area contributed by atoms with Crippen molar-refractivity contribution in [2.45, 2.75) is 12.6 Å². The zero-order chi connectivity index (χ0) is 16.8. The SMILES string of the molecule is CCOC(=O)C1=C(C(=O)OC)ON2C(=O)c3ccccc3C12O. The molecule has 8 heteroatoms. The number of hydrogen-bond acceptors (Lipinski definition) is 7. The zero-order valence-corrected chi connectivity index (χ0v) is 12.4. The Kier molecular flexibility index (Phi) is 3.33. The maximum atomic E-state index is 12.4. The summed E-state index contributed by atoms with van der Waals surface area (Å²) in [6.07, 6.45) is 0. The van der Waals surface area contributed by atoms with Crippen molar-refractivity contribution >= 4 is 17.8 Å². The number of methoxy groups -OCH3 is 1. The van der Waals surface area contributed by atoms with Crippen molar-refractivity contribution in [3.8, 4) is 0 Å². The monoisotopic (exact) mass is 319 g/mol. The highest BCUT2D eigenvalue weighted by atomic mass is 16.7. The van der Waals surface area contributed by atoms with Crippen molar-refractivity contribution in [3.63, 3.8) is 0 Å². The third-order valence-corrected chi connectivity index (χ3v) is 3.62. The normalized spacial score (nSPS) is 21.7. The van der Waals surface area contributed by atoms with E-state index in [1.54, 1.807) is 19.1 Å². The molecule has 1 amide bonds. The first kappa shape index (κ1) is 15.0. The third kappa shape index (κ3) is 1.85. The Morgan fingerprint density at radius 1 is 1.30 bits per heavy atom. The molecule has 0 aliphatic carbocycles. The molecule has 0 spiro atoms. The molecule has 0 saturated carbocycles. The van der Waals surface area contributed by atoms with Gasteiger partial charge in [-0.25, -0.2) is 9.59 Å². The van der Waals surface area contributed by atoms with E-state index in [1.807, 2.05) is 0 Å². The van der Waals surface area contributed by atoms with Crippen molar-refractivity contribution < 1.29 is 33.8 Å². The first-order valence-electron chi connectivity index (χ1n) is 6.81. The second-order valence-corrected chi connectivity index (χ2v) is 4.82. The van der Waals surface area contributed by atoms with Gasteiger partial charge in [0.25, 0.3) is 11.7 Å². The third-order valence-electron chi connectivity index (χ3n) is 3.62. The number of fused-ring (bicyclic) bond motifs is 3. The van der Waals surface area contributed by atoms with Gasteiger partial charge in [0.05, 0.1) is 19.3 Å². The molecule has 120 valence electrons. The van der Waals surface area contributed by atoms with Crippen LogP contribution in [0.3, 0.4) is 0 Å². The van der Waals surface area contributed by atoms with E-state index in [2.05, 4.69) is 4.74 Å². The topological polar surface area (TPSA) is 102 Å². The number of benzene rings is 1. The number of carbonyl (C=O) groups is 3. The number of aliphatic hydroxyl groups is 1. The summed E-state index contributed by atoms with van der Waals surface area (Å²) in [5.41, 5.74) is -2.42. The molecule has 1 N–H and O–H groups in total. The Bertz CT molecular complexity index is 754. The predicted molar refractivity (Wildman–Crippen MR) is 73.3 cm³/mol. The molecular formula is C15H13NO7. The van der Waals surface area contributed by atoms with Gasteiger partial charge in [-0.05, 0) is 13.0 Å². The van der Waals surface area contributed by atoms with Crippen molar-refractivity contribution in [3.05, 3.63) is 46.7 Å². The number of hydroxylamine groups is 2. The smallest absolute Gasteiger partial charge is 0.377 e. The maximum absolute atomic E-state index is 12.4. The van der Waals surface area contributed by atoms with Crippen molar-refractivity contribution in [1.82, 2.24) is 5.06 Å². The second kappa shape index (κ2) is 5.10. The lowest BCUT2D eigenvalue weighted by Crippen LogP contribution is -2.42. The Hall–Kier alpha value is -2.87. The lowest BCUT2D eigenvalue weighted by atomic mass is 9.93. The first-order chi connectivity index (χ1) is 11.0. The summed E-state index contributed by atoms with van der Waals surface area (Å²) >= 11 is 0. The van der Waals surface area contributed by atoms with Crippen LogP contribution in [0.2, 0.25) is 0 Å². The number of rotatable bonds is 3. The van der Waals surface area contributed by atoms with Gasteiger partial charge >= 0.3 is 11.9 Å². The Morgan fingerprint density at radius 3 is 2.65 bits per heavy atom. The molecule has 0 fully saturated rings. The molecule has 1 unspecified atom stereocenters. The molecule has 2 heterocycles. The van der Waals surface area contributed by atoms with E-state index in [0.29, 0.717) is 5.06 Å². The summed E-state index contributed by atoms with van der Waals surface area (Å²) in [7, 11) is 1.09. The van der Waals surface area contributed by atoms with Crippen LogP contribution in [0.1, 0.15) is 22.8 Å². The molecule has 0 bridgehead atoms. The van der Waals surface area contributed by atoms with E-state index in [1.165, 1.54) is 12.1 Å². The number of amides is 1. The van der Waals surface area contributed by atoms with Gasteiger partial charge in [0, 0.05) is 5.56 Å². The number of ether oxygens (including phenoxy) is 2. The highest BCUT2D eigenvalue weighted by Gasteiger charge is 2.63. The van der Waals surface area contributed by atoms with Crippen molar-refractivity contribution in [2.75, 3.05) is 13.7 Å². The average molecular weight is 319 g/mol. The quantitative estimate of drug-likeness (QED) is 0.795. The summed E-state index contributed by atoms with van der Waals surface area (Å²) in [6.45, 7) is 1.59. The van der Waals surface area contributed by atoms with Crippen molar-refractivity contribution in [1.29, 1.82) is 0 Å². The van der Waals surface area contributed by atoms with E-state index in [9.17, 15) is 19.5 Å². The van der Waals surface area contributed by atoms with Crippen LogP contribution in [-0.2, 0) is 29.6 Å². The molecule has 1 atom stereocenters. The minimum absolute atomic E-state index is 0.0163. The highest BCUT2D eigenvalue weighted by molar-refractivity contribution is 6.07. The molecular weight excluding hydrogens is 306 g/mol. The summed E-state index contributed by atoms with van der Waals surface area (Å²) in [5.74, 6) is -3.22. The van der Waals surface area contributed by atoms with Crippen LogP contribution in [0.5, 0.6) is 0 Å². The van der Waals surface area contributed by atoms with Crippen LogP contribution in [-0.4, -0.2) is 41.7 Å². The standard InChI is InChI=1S/C15H13NO7/c1-3-22-13(18)10-11(14(19)21-2)23-16-12(17)8-6-4-5-7-9(8)15(10,16)20/h4-7,20H,3H2,1-2H3. The average Bonchev–Trinajstić information content (AvgIpc) is 2.97. The fourth-order valence-corrected chi connectivity index (χ4v) is 2.65. The van der Waals surface area contributed by atoms with E-state index >= 15 is 0 Å². The van der Waals surface area contributed by atoms with Gasteiger partial charge in [0.1, 0.15) is 0 Å². The zero-order valence-electron chi connectivity index (χ0n) is 12.4. The first-order valence-corrected chi connectivity index (χ1v) is 6.81. The van der Waals surface area contributed by atoms with E-state index < -0.39 is 34.9 Å². The minimum Gasteiger partial charge on any atom is -0.463 e. The number of carbonyl (C=O) groups excluding carboxylic acids is 3. The fraction of sp³-hybridized carbons (Fsp3) is 0.267. The van der Waals surface area contributed by atoms with Crippen LogP contribution in [0.25, 0.3) is 0 Å². The van der Waals surface area contributed by atoms with Crippen LogP contribution in [0.4, 0.5) is 0 Å². The van der Waals surface area contributed by atoms with Crippen LogP contribution in [0, 0.1) is 0 Å².